The first-order valence-electron chi connectivity index (χ1n) is 7.03. The fraction of sp³-hybridized carbons (Fsp3) is 0.600. The van der Waals surface area contributed by atoms with E-state index in [2.05, 4.69) is 38.7 Å². The van der Waals surface area contributed by atoms with Crippen LogP contribution >= 0.6 is 15.9 Å². The summed E-state index contributed by atoms with van der Waals surface area (Å²) in [7, 11) is 1.69. The summed E-state index contributed by atoms with van der Waals surface area (Å²) < 4.78 is 6.27. The second-order valence-electron chi connectivity index (χ2n) is 5.14. The van der Waals surface area contributed by atoms with Gasteiger partial charge in [-0.15, -0.1) is 0 Å². The van der Waals surface area contributed by atoms with Crippen molar-refractivity contribution >= 4 is 15.9 Å². The lowest BCUT2D eigenvalue weighted by molar-refractivity contribution is 0.361. The first kappa shape index (κ1) is 14.8. The van der Waals surface area contributed by atoms with E-state index in [-0.39, 0.29) is 0 Å². The summed E-state index contributed by atoms with van der Waals surface area (Å²) in [5, 5.41) is 7.02. The normalized spacial score (nSPS) is 19.4. The van der Waals surface area contributed by atoms with E-state index in [1.54, 1.807) is 7.11 Å². The summed E-state index contributed by atoms with van der Waals surface area (Å²) in [5.41, 5.74) is 1.34. The Morgan fingerprint density at radius 1 is 1.47 bits per heavy atom. The number of ether oxygens (including phenoxy) is 1. The van der Waals surface area contributed by atoms with E-state index in [4.69, 9.17) is 4.74 Å². The van der Waals surface area contributed by atoms with Gasteiger partial charge >= 0.3 is 0 Å². The molecule has 1 aromatic carbocycles. The van der Waals surface area contributed by atoms with Crippen LogP contribution in [0.5, 0.6) is 5.75 Å². The number of methoxy groups -OCH3 is 1. The Bertz CT molecular complexity index is 392. The van der Waals surface area contributed by atoms with Gasteiger partial charge in [0.05, 0.1) is 11.6 Å². The van der Waals surface area contributed by atoms with E-state index < -0.39 is 0 Å². The van der Waals surface area contributed by atoms with Crippen molar-refractivity contribution in [2.45, 2.75) is 19.3 Å². The van der Waals surface area contributed by atoms with Crippen molar-refractivity contribution in [1.82, 2.24) is 10.6 Å². The summed E-state index contributed by atoms with van der Waals surface area (Å²) in [6.07, 6.45) is 3.73. The third-order valence-electron chi connectivity index (χ3n) is 3.64. The third kappa shape index (κ3) is 4.79. The first-order valence-corrected chi connectivity index (χ1v) is 7.82. The second-order valence-corrected chi connectivity index (χ2v) is 5.99. The van der Waals surface area contributed by atoms with Crippen LogP contribution in [0.2, 0.25) is 0 Å². The molecule has 0 spiro atoms. The number of piperidine rings is 1. The molecule has 1 heterocycles. The molecule has 1 fully saturated rings. The van der Waals surface area contributed by atoms with Crippen LogP contribution in [0.15, 0.2) is 22.7 Å². The molecule has 1 saturated heterocycles. The minimum Gasteiger partial charge on any atom is -0.496 e. The maximum absolute atomic E-state index is 5.24. The predicted octanol–water partition coefficient (Wildman–Crippen LogP) is 2.59. The molecule has 0 aliphatic carbocycles. The van der Waals surface area contributed by atoms with Crippen LogP contribution in [0.25, 0.3) is 0 Å². The van der Waals surface area contributed by atoms with E-state index in [0.717, 1.165) is 35.7 Å². The Morgan fingerprint density at radius 2 is 2.37 bits per heavy atom. The van der Waals surface area contributed by atoms with E-state index in [0.29, 0.717) is 0 Å². The molecule has 3 nitrogen and oxygen atoms in total. The minimum absolute atomic E-state index is 0.802. The van der Waals surface area contributed by atoms with Crippen molar-refractivity contribution in [1.29, 1.82) is 0 Å². The Hall–Kier alpha value is -0.580. The largest absolute Gasteiger partial charge is 0.496 e. The monoisotopic (exact) mass is 326 g/mol. The fourth-order valence-electron chi connectivity index (χ4n) is 2.50. The minimum atomic E-state index is 0.802. The average molecular weight is 327 g/mol. The van der Waals surface area contributed by atoms with Gasteiger partial charge in [-0.25, -0.2) is 0 Å². The molecular weight excluding hydrogens is 304 g/mol. The van der Waals surface area contributed by atoms with Gasteiger partial charge in [0.15, 0.2) is 0 Å². The number of nitrogens with one attached hydrogen (secondary N) is 2. The zero-order valence-corrected chi connectivity index (χ0v) is 13.1. The Balaban J connectivity index is 1.69. The standard InChI is InChI=1S/C15H23BrN2O/c1-19-15-5-4-12(9-14(15)16)6-8-18-11-13-3-2-7-17-10-13/h4-5,9,13,17-18H,2-3,6-8,10-11H2,1H3. The van der Waals surface area contributed by atoms with E-state index in [9.17, 15) is 0 Å². The van der Waals surface area contributed by atoms with Crippen molar-refractivity contribution in [3.05, 3.63) is 28.2 Å². The number of rotatable bonds is 6. The summed E-state index contributed by atoms with van der Waals surface area (Å²) in [6.45, 7) is 4.52. The predicted molar refractivity (Wildman–Crippen MR) is 82.9 cm³/mol. The topological polar surface area (TPSA) is 33.3 Å². The maximum atomic E-state index is 5.24. The fourth-order valence-corrected chi connectivity index (χ4v) is 3.09. The van der Waals surface area contributed by atoms with Gasteiger partial charge in [-0.2, -0.15) is 0 Å². The molecule has 1 aliphatic rings. The van der Waals surface area contributed by atoms with Crippen LogP contribution in [0, 0.1) is 5.92 Å². The first-order chi connectivity index (χ1) is 9.29. The molecule has 4 heteroatoms. The van der Waals surface area contributed by atoms with Gasteiger partial charge in [0.2, 0.25) is 0 Å². The number of hydrogen-bond acceptors (Lipinski definition) is 3. The summed E-state index contributed by atoms with van der Waals surface area (Å²) in [5.74, 6) is 1.70. The highest BCUT2D eigenvalue weighted by atomic mass is 79.9. The van der Waals surface area contributed by atoms with Crippen LogP contribution in [-0.4, -0.2) is 33.3 Å². The van der Waals surface area contributed by atoms with Gasteiger partial charge in [-0.05, 0) is 85.0 Å². The zero-order valence-electron chi connectivity index (χ0n) is 11.5. The summed E-state index contributed by atoms with van der Waals surface area (Å²) in [6, 6.07) is 6.29. The van der Waals surface area contributed by atoms with Gasteiger partial charge in [0.1, 0.15) is 5.75 Å². The average Bonchev–Trinajstić information content (AvgIpc) is 2.45. The van der Waals surface area contributed by atoms with E-state index in [1.807, 2.05) is 6.07 Å². The maximum Gasteiger partial charge on any atom is 0.133 e. The Labute approximate surface area is 124 Å². The second kappa shape index (κ2) is 7.88. The zero-order chi connectivity index (χ0) is 13.5. The van der Waals surface area contributed by atoms with Gasteiger partial charge in [-0.3, -0.25) is 0 Å². The Morgan fingerprint density at radius 3 is 3.05 bits per heavy atom. The molecule has 0 amide bonds. The van der Waals surface area contributed by atoms with Crippen molar-refractivity contribution in [3.63, 3.8) is 0 Å². The van der Waals surface area contributed by atoms with Crippen molar-refractivity contribution < 1.29 is 4.74 Å². The smallest absolute Gasteiger partial charge is 0.133 e. The molecule has 0 aromatic heterocycles. The third-order valence-corrected chi connectivity index (χ3v) is 4.26. The van der Waals surface area contributed by atoms with E-state index in [1.165, 1.54) is 31.5 Å². The molecule has 1 aromatic rings. The number of benzene rings is 1. The van der Waals surface area contributed by atoms with Gasteiger partial charge in [0, 0.05) is 0 Å². The highest BCUT2D eigenvalue weighted by Gasteiger charge is 2.11. The van der Waals surface area contributed by atoms with Gasteiger partial charge < -0.3 is 15.4 Å². The summed E-state index contributed by atoms with van der Waals surface area (Å²) >= 11 is 3.53. The Kier molecular flexibility index (Phi) is 6.14. The quantitative estimate of drug-likeness (QED) is 0.788. The molecule has 2 N–H and O–H groups in total. The number of hydrogen-bond donors (Lipinski definition) is 2. The molecule has 0 bridgehead atoms. The highest BCUT2D eigenvalue weighted by molar-refractivity contribution is 9.10. The lowest BCUT2D eigenvalue weighted by Gasteiger charge is -2.22. The van der Waals surface area contributed by atoms with Crippen molar-refractivity contribution in [2.75, 3.05) is 33.3 Å². The molecular formula is C15H23BrN2O. The molecule has 1 unspecified atom stereocenters. The lowest BCUT2D eigenvalue weighted by atomic mass is 10.00. The van der Waals surface area contributed by atoms with Crippen molar-refractivity contribution in [2.24, 2.45) is 5.92 Å². The van der Waals surface area contributed by atoms with Gasteiger partial charge in [-0.1, -0.05) is 6.07 Å². The highest BCUT2D eigenvalue weighted by Crippen LogP contribution is 2.25. The van der Waals surface area contributed by atoms with Gasteiger partial charge in [0.25, 0.3) is 0 Å². The van der Waals surface area contributed by atoms with E-state index >= 15 is 0 Å². The number of halogens is 1. The van der Waals surface area contributed by atoms with Crippen LogP contribution < -0.4 is 15.4 Å². The van der Waals surface area contributed by atoms with Crippen molar-refractivity contribution in [3.8, 4) is 5.75 Å². The molecule has 106 valence electrons. The molecule has 0 radical (unpaired) electrons. The van der Waals surface area contributed by atoms with Crippen LogP contribution in [0.3, 0.4) is 0 Å². The molecule has 1 atom stereocenters. The lowest BCUT2D eigenvalue weighted by Crippen LogP contribution is -2.36. The molecule has 19 heavy (non-hydrogen) atoms. The van der Waals surface area contributed by atoms with Crippen LogP contribution in [0.1, 0.15) is 18.4 Å². The molecule has 2 rings (SSSR count). The molecule has 0 saturated carbocycles. The SMILES string of the molecule is COc1ccc(CCNCC2CCCNC2)cc1Br. The van der Waals surface area contributed by atoms with Crippen LogP contribution in [-0.2, 0) is 6.42 Å². The molecule has 1 aliphatic heterocycles. The summed E-state index contributed by atoms with van der Waals surface area (Å²) in [4.78, 5) is 0. The van der Waals surface area contributed by atoms with Crippen LogP contribution in [0.4, 0.5) is 0 Å².